The highest BCUT2D eigenvalue weighted by Gasteiger charge is 2.22. The Morgan fingerprint density at radius 1 is 1.36 bits per heavy atom. The largest absolute Gasteiger partial charge is 0.393 e. The van der Waals surface area contributed by atoms with Crippen molar-refractivity contribution in [2.24, 2.45) is 0 Å². The van der Waals surface area contributed by atoms with E-state index >= 15 is 0 Å². The number of benzene rings is 1. The number of pyridine rings is 1. The molecule has 0 atom stereocenters. The summed E-state index contributed by atoms with van der Waals surface area (Å²) in [5.74, 6) is -0.508. The quantitative estimate of drug-likeness (QED) is 0.749. The van der Waals surface area contributed by atoms with E-state index < -0.39 is 17.3 Å². The number of likely N-dealkylation sites (tertiary alicyclic amines) is 1. The lowest BCUT2D eigenvalue weighted by Gasteiger charge is -2.29. The van der Waals surface area contributed by atoms with Gasteiger partial charge in [0.25, 0.3) is 0 Å². The molecule has 116 valence electrons. The molecule has 1 aliphatic rings. The Morgan fingerprint density at radius 3 is 2.82 bits per heavy atom. The first-order valence-electron chi connectivity index (χ1n) is 7.09. The van der Waals surface area contributed by atoms with Gasteiger partial charge < -0.3 is 20.3 Å². The number of aliphatic hydroxyl groups is 1. The number of carbonyl (C=O) groups is 1. The van der Waals surface area contributed by atoms with Gasteiger partial charge in [-0.05, 0) is 31.0 Å². The van der Waals surface area contributed by atoms with Crippen LogP contribution >= 0.6 is 0 Å². The summed E-state index contributed by atoms with van der Waals surface area (Å²) in [6, 6.07) is 3.48. The fraction of sp³-hybridized carbons (Fsp3) is 0.333. The summed E-state index contributed by atoms with van der Waals surface area (Å²) in [6.45, 7) is 0.875. The van der Waals surface area contributed by atoms with Crippen LogP contribution in [0.5, 0.6) is 0 Å². The number of hydrogen-bond acceptors (Lipinski definition) is 3. The number of nitrogens with one attached hydrogen (secondary N) is 2. The number of fused-ring (bicyclic) bond motifs is 1. The number of aromatic amines is 1. The Morgan fingerprint density at radius 2 is 2.09 bits per heavy atom. The van der Waals surface area contributed by atoms with E-state index in [2.05, 4.69) is 10.3 Å². The molecule has 0 spiro atoms. The highest BCUT2D eigenvalue weighted by atomic mass is 19.1. The summed E-state index contributed by atoms with van der Waals surface area (Å²) >= 11 is 0. The molecule has 2 aromatic rings. The van der Waals surface area contributed by atoms with Crippen LogP contribution in [0.25, 0.3) is 10.9 Å². The average molecular weight is 305 g/mol. The molecule has 2 heterocycles. The van der Waals surface area contributed by atoms with Crippen LogP contribution in [0.15, 0.2) is 29.2 Å². The molecule has 6 nitrogen and oxygen atoms in total. The number of halogens is 1. The lowest BCUT2D eigenvalue weighted by atomic mass is 10.1. The molecule has 3 N–H and O–H groups in total. The van der Waals surface area contributed by atoms with Gasteiger partial charge in [-0.3, -0.25) is 4.79 Å². The average Bonchev–Trinajstić information content (AvgIpc) is 2.51. The van der Waals surface area contributed by atoms with Crippen molar-refractivity contribution in [2.75, 3.05) is 18.4 Å². The summed E-state index contributed by atoms with van der Waals surface area (Å²) in [5.41, 5.74) is 0.151. The van der Waals surface area contributed by atoms with Crippen molar-refractivity contribution < 1.29 is 14.3 Å². The Kier molecular flexibility index (Phi) is 3.81. The molecule has 22 heavy (non-hydrogen) atoms. The summed E-state index contributed by atoms with van der Waals surface area (Å²) in [4.78, 5) is 28.8. The van der Waals surface area contributed by atoms with Crippen LogP contribution in [-0.2, 0) is 0 Å². The first-order valence-corrected chi connectivity index (χ1v) is 7.09. The number of aliphatic hydroxyl groups excluding tert-OH is 1. The fourth-order valence-electron chi connectivity index (χ4n) is 2.55. The number of amides is 2. The minimum atomic E-state index is -0.508. The van der Waals surface area contributed by atoms with Gasteiger partial charge in [-0.2, -0.15) is 0 Å². The maximum atomic E-state index is 13.3. The molecule has 1 aliphatic heterocycles. The third-order valence-electron chi connectivity index (χ3n) is 3.84. The summed E-state index contributed by atoms with van der Waals surface area (Å²) in [5, 5.41) is 12.2. The SMILES string of the molecule is O=C(Nc1c[nH]c2ccc(F)cc2c1=O)N1CCC(O)CC1. The van der Waals surface area contributed by atoms with Gasteiger partial charge in [-0.15, -0.1) is 0 Å². The standard InChI is InChI=1S/C15H16FN3O3/c16-9-1-2-12-11(7-9)14(21)13(8-17-12)18-15(22)19-5-3-10(20)4-6-19/h1-2,7-8,10,20H,3-6H2,(H,17,21)(H,18,22). The van der Waals surface area contributed by atoms with Crippen molar-refractivity contribution in [3.05, 3.63) is 40.4 Å². The summed E-state index contributed by atoms with van der Waals surface area (Å²) < 4.78 is 13.3. The van der Waals surface area contributed by atoms with Gasteiger partial charge in [0.15, 0.2) is 0 Å². The van der Waals surface area contributed by atoms with E-state index in [-0.39, 0.29) is 17.2 Å². The van der Waals surface area contributed by atoms with Crippen LogP contribution in [0.4, 0.5) is 14.9 Å². The van der Waals surface area contributed by atoms with E-state index in [1.54, 1.807) is 4.90 Å². The molecular formula is C15H16FN3O3. The molecule has 0 saturated carbocycles. The number of urea groups is 1. The maximum Gasteiger partial charge on any atom is 0.321 e. The number of hydrogen-bond donors (Lipinski definition) is 3. The van der Waals surface area contributed by atoms with Gasteiger partial charge in [0.1, 0.15) is 11.5 Å². The van der Waals surface area contributed by atoms with Gasteiger partial charge in [0.2, 0.25) is 5.43 Å². The second-order valence-corrected chi connectivity index (χ2v) is 5.37. The van der Waals surface area contributed by atoms with E-state index in [1.807, 2.05) is 0 Å². The molecule has 3 rings (SSSR count). The highest BCUT2D eigenvalue weighted by molar-refractivity contribution is 5.92. The third kappa shape index (κ3) is 2.80. The number of H-pyrrole nitrogens is 1. The van der Waals surface area contributed by atoms with Crippen molar-refractivity contribution in [1.29, 1.82) is 0 Å². The minimum Gasteiger partial charge on any atom is -0.393 e. The molecule has 2 amide bonds. The van der Waals surface area contributed by atoms with Gasteiger partial charge >= 0.3 is 6.03 Å². The predicted octanol–water partition coefficient (Wildman–Crippen LogP) is 1.66. The summed E-state index contributed by atoms with van der Waals surface area (Å²) in [7, 11) is 0. The second kappa shape index (κ2) is 5.76. The van der Waals surface area contributed by atoms with E-state index in [4.69, 9.17) is 0 Å². The van der Waals surface area contributed by atoms with E-state index in [0.29, 0.717) is 31.4 Å². The number of nitrogens with zero attached hydrogens (tertiary/aromatic N) is 1. The van der Waals surface area contributed by atoms with Crippen molar-refractivity contribution in [1.82, 2.24) is 9.88 Å². The van der Waals surface area contributed by atoms with Gasteiger partial charge in [0.05, 0.1) is 11.5 Å². The molecule has 1 aromatic heterocycles. The Balaban J connectivity index is 1.83. The number of piperidine rings is 1. The molecular weight excluding hydrogens is 289 g/mol. The highest BCUT2D eigenvalue weighted by Crippen LogP contribution is 2.14. The van der Waals surface area contributed by atoms with Crippen molar-refractivity contribution in [3.8, 4) is 0 Å². The molecule has 1 fully saturated rings. The smallest absolute Gasteiger partial charge is 0.321 e. The molecule has 0 bridgehead atoms. The first-order chi connectivity index (χ1) is 10.5. The number of aromatic nitrogens is 1. The van der Waals surface area contributed by atoms with Gasteiger partial charge in [-0.25, -0.2) is 9.18 Å². The molecule has 7 heteroatoms. The number of anilines is 1. The normalized spacial score (nSPS) is 16.0. The van der Waals surface area contributed by atoms with Crippen LogP contribution in [0.1, 0.15) is 12.8 Å². The first kappa shape index (κ1) is 14.5. The lowest BCUT2D eigenvalue weighted by molar-refractivity contribution is 0.0972. The second-order valence-electron chi connectivity index (χ2n) is 5.37. The summed E-state index contributed by atoms with van der Waals surface area (Å²) in [6.07, 6.45) is 2.06. The Labute approximate surface area is 125 Å². The maximum absolute atomic E-state index is 13.3. The number of rotatable bonds is 1. The Hall–Kier alpha value is -2.41. The molecule has 1 aromatic carbocycles. The topological polar surface area (TPSA) is 85.4 Å². The third-order valence-corrected chi connectivity index (χ3v) is 3.84. The minimum absolute atomic E-state index is 0.0780. The van der Waals surface area contributed by atoms with Gasteiger partial charge in [0, 0.05) is 24.8 Å². The Bertz CT molecular complexity index is 766. The van der Waals surface area contributed by atoms with E-state index in [9.17, 15) is 19.1 Å². The zero-order chi connectivity index (χ0) is 15.7. The molecule has 0 unspecified atom stereocenters. The van der Waals surface area contributed by atoms with E-state index in [1.165, 1.54) is 18.3 Å². The fourth-order valence-corrected chi connectivity index (χ4v) is 2.55. The van der Waals surface area contributed by atoms with Crippen LogP contribution in [-0.4, -0.2) is 40.2 Å². The lowest BCUT2D eigenvalue weighted by Crippen LogP contribution is -2.42. The monoisotopic (exact) mass is 305 g/mol. The molecule has 0 aliphatic carbocycles. The van der Waals surface area contributed by atoms with Crippen molar-refractivity contribution in [3.63, 3.8) is 0 Å². The molecule has 1 saturated heterocycles. The predicted molar refractivity (Wildman–Crippen MR) is 80.4 cm³/mol. The van der Waals surface area contributed by atoms with Crippen molar-refractivity contribution >= 4 is 22.6 Å². The van der Waals surface area contributed by atoms with Crippen molar-refractivity contribution in [2.45, 2.75) is 18.9 Å². The number of carbonyl (C=O) groups excluding carboxylic acids is 1. The van der Waals surface area contributed by atoms with E-state index in [0.717, 1.165) is 6.07 Å². The van der Waals surface area contributed by atoms with Crippen LogP contribution in [0, 0.1) is 5.82 Å². The zero-order valence-electron chi connectivity index (χ0n) is 11.8. The van der Waals surface area contributed by atoms with Gasteiger partial charge in [-0.1, -0.05) is 0 Å². The van der Waals surface area contributed by atoms with Crippen LogP contribution in [0.2, 0.25) is 0 Å². The zero-order valence-corrected chi connectivity index (χ0v) is 11.8. The van der Waals surface area contributed by atoms with Crippen LogP contribution < -0.4 is 10.7 Å². The molecule has 0 radical (unpaired) electrons. The van der Waals surface area contributed by atoms with Crippen LogP contribution in [0.3, 0.4) is 0 Å².